The van der Waals surface area contributed by atoms with Gasteiger partial charge in [0.1, 0.15) is 0 Å². The minimum Gasteiger partial charge on any atom is -0.378 e. The molecular weight excluding hydrogens is 459 g/mol. The van der Waals surface area contributed by atoms with E-state index < -0.39 is 11.7 Å². The van der Waals surface area contributed by atoms with E-state index in [1.807, 2.05) is 4.90 Å². The first-order valence-electron chi connectivity index (χ1n) is 9.94. The van der Waals surface area contributed by atoms with Crippen molar-refractivity contribution < 1.29 is 17.9 Å². The van der Waals surface area contributed by atoms with Gasteiger partial charge in [0.05, 0.1) is 25.0 Å². The molecule has 33 heavy (non-hydrogen) atoms. The number of benzene rings is 2. The normalized spacial score (nSPS) is 14.5. The Morgan fingerprint density at radius 3 is 2.45 bits per heavy atom. The molecule has 172 valence electrons. The van der Waals surface area contributed by atoms with Gasteiger partial charge in [0.15, 0.2) is 0 Å². The molecule has 2 heterocycles. The summed E-state index contributed by atoms with van der Waals surface area (Å²) in [6, 6.07) is 11.9. The number of halogens is 4. The predicted octanol–water partition coefficient (Wildman–Crippen LogP) is 4.57. The molecule has 8 nitrogen and oxygen atoms in total. The summed E-state index contributed by atoms with van der Waals surface area (Å²) in [6.07, 6.45) is -2.90. The third-order valence-electron chi connectivity index (χ3n) is 4.61. The summed E-state index contributed by atoms with van der Waals surface area (Å²) in [5, 5.41) is 7.56. The van der Waals surface area contributed by atoms with Crippen LogP contribution in [0.25, 0.3) is 0 Å². The summed E-state index contributed by atoms with van der Waals surface area (Å²) in [4.78, 5) is 14.9. The van der Waals surface area contributed by atoms with Crippen LogP contribution in [0.15, 0.2) is 53.6 Å². The number of morpholine rings is 1. The van der Waals surface area contributed by atoms with Crippen molar-refractivity contribution in [3.05, 3.63) is 64.7 Å². The lowest BCUT2D eigenvalue weighted by atomic mass is 10.2. The van der Waals surface area contributed by atoms with Crippen LogP contribution in [0.1, 0.15) is 11.1 Å². The first kappa shape index (κ1) is 22.7. The molecule has 2 N–H and O–H groups in total. The summed E-state index contributed by atoms with van der Waals surface area (Å²) in [5.74, 6) is 0.563. The molecule has 12 heteroatoms. The Hall–Kier alpha value is -3.44. The molecule has 0 saturated carbocycles. The molecule has 0 radical (unpaired) electrons. The van der Waals surface area contributed by atoms with Crippen molar-refractivity contribution in [1.29, 1.82) is 0 Å². The van der Waals surface area contributed by atoms with Gasteiger partial charge in [-0.15, -0.1) is 0 Å². The van der Waals surface area contributed by atoms with E-state index in [0.717, 1.165) is 17.7 Å². The Labute approximate surface area is 192 Å². The van der Waals surface area contributed by atoms with Gasteiger partial charge in [-0.05, 0) is 35.9 Å². The van der Waals surface area contributed by atoms with Gasteiger partial charge in [-0.2, -0.15) is 33.2 Å². The van der Waals surface area contributed by atoms with Gasteiger partial charge >= 0.3 is 6.18 Å². The number of nitrogens with zero attached hydrogens (tertiary/aromatic N) is 5. The molecule has 2 aromatic carbocycles. The highest BCUT2D eigenvalue weighted by Crippen LogP contribution is 2.31. The van der Waals surface area contributed by atoms with E-state index in [9.17, 15) is 13.2 Å². The van der Waals surface area contributed by atoms with Gasteiger partial charge in [0, 0.05) is 23.8 Å². The Balaban J connectivity index is 1.58. The van der Waals surface area contributed by atoms with Crippen molar-refractivity contribution in [1.82, 2.24) is 15.0 Å². The van der Waals surface area contributed by atoms with Crippen molar-refractivity contribution in [2.75, 3.05) is 41.9 Å². The molecule has 0 unspecified atom stereocenters. The van der Waals surface area contributed by atoms with Gasteiger partial charge in [-0.1, -0.05) is 29.8 Å². The Bertz CT molecular complexity index is 1120. The third kappa shape index (κ3) is 6.30. The number of hydrogen-bond acceptors (Lipinski definition) is 8. The molecule has 1 fully saturated rings. The number of ether oxygens (including phenoxy) is 1. The van der Waals surface area contributed by atoms with Gasteiger partial charge in [0.25, 0.3) is 0 Å². The zero-order valence-corrected chi connectivity index (χ0v) is 17.9. The standard InChI is InChI=1S/C21H19ClF3N7O/c22-16-6-4-14(5-7-16)13-26-31-19-28-18(29-20(30-19)32-8-10-33-11-9-32)27-17-3-1-2-15(12-17)21(23,24)25/h1-7,12-13H,8-11H2,(H2,27,28,29,30,31)/b26-13+. The first-order valence-corrected chi connectivity index (χ1v) is 10.3. The van der Waals surface area contributed by atoms with E-state index in [1.165, 1.54) is 12.1 Å². The van der Waals surface area contributed by atoms with Gasteiger partial charge in [-0.3, -0.25) is 0 Å². The van der Waals surface area contributed by atoms with Crippen molar-refractivity contribution >= 4 is 41.3 Å². The molecule has 0 spiro atoms. The predicted molar refractivity (Wildman–Crippen MR) is 120 cm³/mol. The van der Waals surface area contributed by atoms with E-state index in [2.05, 4.69) is 30.8 Å². The van der Waals surface area contributed by atoms with E-state index in [0.29, 0.717) is 37.3 Å². The highest BCUT2D eigenvalue weighted by molar-refractivity contribution is 6.30. The molecule has 0 atom stereocenters. The minimum absolute atomic E-state index is 0.0787. The number of alkyl halides is 3. The average Bonchev–Trinajstić information content (AvgIpc) is 2.80. The van der Waals surface area contributed by atoms with Crippen molar-refractivity contribution in [2.45, 2.75) is 6.18 Å². The summed E-state index contributed by atoms with van der Waals surface area (Å²) >= 11 is 5.88. The van der Waals surface area contributed by atoms with Gasteiger partial charge < -0.3 is 15.0 Å². The Morgan fingerprint density at radius 1 is 1.00 bits per heavy atom. The zero-order chi connectivity index (χ0) is 23.3. The second-order valence-corrected chi connectivity index (χ2v) is 7.44. The largest absolute Gasteiger partial charge is 0.416 e. The van der Waals surface area contributed by atoms with Crippen molar-refractivity contribution in [3.63, 3.8) is 0 Å². The molecule has 0 aliphatic carbocycles. The SMILES string of the molecule is FC(F)(F)c1cccc(Nc2nc(N/N=C/c3ccc(Cl)cc3)nc(N3CCOCC3)n2)c1. The molecular formula is C21H19ClF3N7O. The van der Waals surface area contributed by atoms with Crippen LogP contribution < -0.4 is 15.6 Å². The van der Waals surface area contributed by atoms with Crippen LogP contribution in [-0.2, 0) is 10.9 Å². The number of hydrazone groups is 1. The molecule has 0 bridgehead atoms. The maximum absolute atomic E-state index is 13.1. The van der Waals surface area contributed by atoms with E-state index in [1.54, 1.807) is 30.5 Å². The van der Waals surface area contributed by atoms with Gasteiger partial charge in [-0.25, -0.2) is 5.43 Å². The third-order valence-corrected chi connectivity index (χ3v) is 4.86. The van der Waals surface area contributed by atoms with Crippen LogP contribution in [0, 0.1) is 0 Å². The molecule has 1 aliphatic heterocycles. The molecule has 1 aliphatic rings. The lowest BCUT2D eigenvalue weighted by Crippen LogP contribution is -2.37. The van der Waals surface area contributed by atoms with Crippen LogP contribution >= 0.6 is 11.6 Å². The highest BCUT2D eigenvalue weighted by Gasteiger charge is 2.30. The maximum atomic E-state index is 13.1. The van der Waals surface area contributed by atoms with E-state index in [-0.39, 0.29) is 17.6 Å². The average molecular weight is 478 g/mol. The lowest BCUT2D eigenvalue weighted by Gasteiger charge is -2.27. The Kier molecular flexibility index (Phi) is 6.90. The number of nitrogens with one attached hydrogen (secondary N) is 2. The fourth-order valence-electron chi connectivity index (χ4n) is 2.99. The second kappa shape index (κ2) is 10.0. The fraction of sp³-hybridized carbons (Fsp3) is 0.238. The summed E-state index contributed by atoms with van der Waals surface area (Å²) in [7, 11) is 0. The molecule has 3 aromatic rings. The van der Waals surface area contributed by atoms with E-state index in [4.69, 9.17) is 16.3 Å². The molecule has 1 saturated heterocycles. The molecule has 4 rings (SSSR count). The first-order chi connectivity index (χ1) is 15.9. The maximum Gasteiger partial charge on any atom is 0.416 e. The highest BCUT2D eigenvalue weighted by atomic mass is 35.5. The van der Waals surface area contributed by atoms with Crippen molar-refractivity contribution in [2.24, 2.45) is 5.10 Å². The molecule has 0 amide bonds. The van der Waals surface area contributed by atoms with E-state index >= 15 is 0 Å². The monoisotopic (exact) mass is 477 g/mol. The molecule has 1 aromatic heterocycles. The van der Waals surface area contributed by atoms with Crippen LogP contribution in [0.5, 0.6) is 0 Å². The summed E-state index contributed by atoms with van der Waals surface area (Å²) in [5.41, 5.74) is 2.96. The second-order valence-electron chi connectivity index (χ2n) is 7.01. The van der Waals surface area contributed by atoms with Crippen LogP contribution in [0.2, 0.25) is 5.02 Å². The van der Waals surface area contributed by atoms with Crippen LogP contribution in [0.3, 0.4) is 0 Å². The topological polar surface area (TPSA) is 87.6 Å². The summed E-state index contributed by atoms with van der Waals surface area (Å²) < 4.78 is 44.5. The van der Waals surface area contributed by atoms with Gasteiger partial charge in [0.2, 0.25) is 17.8 Å². The Morgan fingerprint density at radius 2 is 1.73 bits per heavy atom. The summed E-state index contributed by atoms with van der Waals surface area (Å²) in [6.45, 7) is 2.17. The van der Waals surface area contributed by atoms with Crippen LogP contribution in [-0.4, -0.2) is 47.5 Å². The van der Waals surface area contributed by atoms with Crippen LogP contribution in [0.4, 0.5) is 36.7 Å². The number of rotatable bonds is 6. The quantitative estimate of drug-likeness (QED) is 0.397. The minimum atomic E-state index is -4.46. The lowest BCUT2D eigenvalue weighted by molar-refractivity contribution is -0.137. The number of aromatic nitrogens is 3. The smallest absolute Gasteiger partial charge is 0.378 e. The number of anilines is 4. The zero-order valence-electron chi connectivity index (χ0n) is 17.2. The van der Waals surface area contributed by atoms with Crippen molar-refractivity contribution in [3.8, 4) is 0 Å². The fourth-order valence-corrected chi connectivity index (χ4v) is 3.12. The number of hydrogen-bond donors (Lipinski definition) is 2.